The average molecular weight is 330 g/mol. The minimum atomic E-state index is -0.348. The predicted molar refractivity (Wildman–Crippen MR) is 91.4 cm³/mol. The van der Waals surface area contributed by atoms with E-state index in [0.29, 0.717) is 30.0 Å². The first-order valence-corrected chi connectivity index (χ1v) is 8.07. The lowest BCUT2D eigenvalue weighted by Gasteiger charge is -2.17. The predicted octanol–water partition coefficient (Wildman–Crippen LogP) is 1.66. The molecule has 0 spiro atoms. The van der Waals surface area contributed by atoms with Gasteiger partial charge in [-0.15, -0.1) is 0 Å². The van der Waals surface area contributed by atoms with Crippen LogP contribution in [0.5, 0.6) is 5.75 Å². The van der Waals surface area contributed by atoms with Crippen LogP contribution in [-0.2, 0) is 4.79 Å². The molecule has 1 atom stereocenters. The Kier molecular flexibility index (Phi) is 4.32. The molecule has 0 aliphatic carbocycles. The van der Waals surface area contributed by atoms with Crippen molar-refractivity contribution in [2.45, 2.75) is 33.2 Å². The fraction of sp³-hybridized carbons (Fsp3) is 0.444. The van der Waals surface area contributed by atoms with Gasteiger partial charge in [0.15, 0.2) is 6.61 Å². The molecule has 2 aromatic rings. The van der Waals surface area contributed by atoms with E-state index in [0.717, 1.165) is 22.9 Å². The van der Waals surface area contributed by atoms with Gasteiger partial charge in [-0.3, -0.25) is 4.79 Å². The molecule has 0 radical (unpaired) electrons. The zero-order valence-electron chi connectivity index (χ0n) is 14.2. The van der Waals surface area contributed by atoms with Gasteiger partial charge >= 0.3 is 5.63 Å². The van der Waals surface area contributed by atoms with E-state index in [-0.39, 0.29) is 24.2 Å². The molecule has 6 nitrogen and oxygen atoms in total. The van der Waals surface area contributed by atoms with E-state index in [2.05, 4.69) is 0 Å². The molecule has 1 aromatic heterocycles. The number of amides is 1. The van der Waals surface area contributed by atoms with Crippen LogP contribution >= 0.6 is 0 Å². The van der Waals surface area contributed by atoms with Crippen molar-refractivity contribution in [2.24, 2.45) is 5.73 Å². The molecular formula is C18H22N2O4. The lowest BCUT2D eigenvalue weighted by atomic mass is 10.0. The summed E-state index contributed by atoms with van der Waals surface area (Å²) in [6, 6.07) is 3.71. The lowest BCUT2D eigenvalue weighted by molar-refractivity contribution is -0.132. The number of hydrogen-bond donors (Lipinski definition) is 1. The van der Waals surface area contributed by atoms with Gasteiger partial charge in [-0.05, 0) is 50.5 Å². The van der Waals surface area contributed by atoms with Gasteiger partial charge in [0, 0.05) is 24.7 Å². The van der Waals surface area contributed by atoms with E-state index < -0.39 is 0 Å². The second kappa shape index (κ2) is 6.28. The highest BCUT2D eigenvalue weighted by molar-refractivity contribution is 5.88. The van der Waals surface area contributed by atoms with Crippen LogP contribution in [0, 0.1) is 20.8 Å². The number of likely N-dealkylation sites (tertiary alicyclic amines) is 1. The van der Waals surface area contributed by atoms with Gasteiger partial charge < -0.3 is 19.8 Å². The summed E-state index contributed by atoms with van der Waals surface area (Å²) in [4.78, 5) is 25.9. The highest BCUT2D eigenvalue weighted by atomic mass is 16.5. The molecule has 1 saturated heterocycles. The summed E-state index contributed by atoms with van der Waals surface area (Å²) in [6.45, 7) is 6.67. The number of hydrogen-bond acceptors (Lipinski definition) is 5. The van der Waals surface area contributed by atoms with E-state index in [1.807, 2.05) is 19.9 Å². The Bertz CT molecular complexity index is 856. The standard InChI is InChI=1S/C18H22N2O4/c1-10-6-14(23-9-16(21)20-5-4-13(19)8-20)17-11(2)12(3)18(22)24-15(17)7-10/h6-7,13H,4-5,8-9,19H2,1-3H3. The molecule has 1 aromatic carbocycles. The maximum absolute atomic E-state index is 12.3. The van der Waals surface area contributed by atoms with Crippen molar-refractivity contribution in [3.8, 4) is 5.75 Å². The van der Waals surface area contributed by atoms with Gasteiger partial charge in [-0.25, -0.2) is 4.79 Å². The van der Waals surface area contributed by atoms with Crippen molar-refractivity contribution in [1.29, 1.82) is 0 Å². The fourth-order valence-corrected chi connectivity index (χ4v) is 3.05. The van der Waals surface area contributed by atoms with Crippen LogP contribution in [-0.4, -0.2) is 36.5 Å². The number of rotatable bonds is 3. The summed E-state index contributed by atoms with van der Waals surface area (Å²) >= 11 is 0. The summed E-state index contributed by atoms with van der Waals surface area (Å²) in [5.41, 5.74) is 8.23. The summed E-state index contributed by atoms with van der Waals surface area (Å²) in [5.74, 6) is 0.482. The molecule has 1 fully saturated rings. The number of benzene rings is 1. The Hall–Kier alpha value is -2.34. The summed E-state index contributed by atoms with van der Waals surface area (Å²) in [6.07, 6.45) is 0.822. The molecule has 3 rings (SSSR count). The second-order valence-electron chi connectivity index (χ2n) is 6.45. The van der Waals surface area contributed by atoms with Crippen molar-refractivity contribution in [2.75, 3.05) is 19.7 Å². The Morgan fingerprint density at radius 3 is 2.75 bits per heavy atom. The maximum atomic E-state index is 12.3. The van der Waals surface area contributed by atoms with Crippen LogP contribution < -0.4 is 16.1 Å². The van der Waals surface area contributed by atoms with Gasteiger partial charge in [0.05, 0.1) is 5.39 Å². The largest absolute Gasteiger partial charge is 0.483 e. The minimum absolute atomic E-state index is 0.0490. The molecule has 0 bridgehead atoms. The topological polar surface area (TPSA) is 85.8 Å². The molecule has 0 saturated carbocycles. The van der Waals surface area contributed by atoms with E-state index in [1.54, 1.807) is 17.9 Å². The van der Waals surface area contributed by atoms with Crippen molar-refractivity contribution >= 4 is 16.9 Å². The monoisotopic (exact) mass is 330 g/mol. The minimum Gasteiger partial charge on any atom is -0.483 e. The van der Waals surface area contributed by atoms with Crippen LogP contribution in [0.25, 0.3) is 11.0 Å². The van der Waals surface area contributed by atoms with E-state index in [1.165, 1.54) is 0 Å². The van der Waals surface area contributed by atoms with Gasteiger partial charge in [-0.2, -0.15) is 0 Å². The molecule has 1 amide bonds. The number of nitrogens with two attached hydrogens (primary N) is 1. The van der Waals surface area contributed by atoms with E-state index in [4.69, 9.17) is 14.9 Å². The molecule has 24 heavy (non-hydrogen) atoms. The van der Waals surface area contributed by atoms with Crippen LogP contribution in [0.15, 0.2) is 21.3 Å². The molecule has 1 aliphatic heterocycles. The Morgan fingerprint density at radius 1 is 1.33 bits per heavy atom. The summed E-state index contributed by atoms with van der Waals surface area (Å²) in [7, 11) is 0. The number of aryl methyl sites for hydroxylation is 2. The summed E-state index contributed by atoms with van der Waals surface area (Å²) in [5, 5.41) is 0.739. The normalized spacial score (nSPS) is 17.5. The highest BCUT2D eigenvalue weighted by Gasteiger charge is 2.24. The third kappa shape index (κ3) is 3.01. The number of fused-ring (bicyclic) bond motifs is 1. The Balaban J connectivity index is 1.90. The van der Waals surface area contributed by atoms with Crippen LogP contribution in [0.4, 0.5) is 0 Å². The first-order valence-electron chi connectivity index (χ1n) is 8.07. The first-order chi connectivity index (χ1) is 11.4. The van der Waals surface area contributed by atoms with Gasteiger partial charge in [-0.1, -0.05) is 0 Å². The lowest BCUT2D eigenvalue weighted by Crippen LogP contribution is -2.35. The number of carbonyl (C=O) groups excluding carboxylic acids is 1. The third-order valence-electron chi connectivity index (χ3n) is 4.59. The zero-order chi connectivity index (χ0) is 17.4. The highest BCUT2D eigenvalue weighted by Crippen LogP contribution is 2.30. The van der Waals surface area contributed by atoms with Crippen LogP contribution in [0.3, 0.4) is 0 Å². The molecule has 128 valence electrons. The molecule has 1 unspecified atom stereocenters. The van der Waals surface area contributed by atoms with E-state index >= 15 is 0 Å². The smallest absolute Gasteiger partial charge is 0.339 e. The van der Waals surface area contributed by atoms with Crippen molar-refractivity contribution in [3.05, 3.63) is 39.2 Å². The Morgan fingerprint density at radius 2 is 2.08 bits per heavy atom. The molecule has 2 heterocycles. The zero-order valence-corrected chi connectivity index (χ0v) is 14.2. The van der Waals surface area contributed by atoms with Crippen molar-refractivity contribution in [1.82, 2.24) is 4.90 Å². The van der Waals surface area contributed by atoms with Crippen LogP contribution in [0.1, 0.15) is 23.1 Å². The Labute approximate surface area is 140 Å². The second-order valence-corrected chi connectivity index (χ2v) is 6.45. The average Bonchev–Trinajstić information content (AvgIpc) is 2.96. The van der Waals surface area contributed by atoms with Gasteiger partial charge in [0.25, 0.3) is 5.91 Å². The molecule has 6 heteroatoms. The molecular weight excluding hydrogens is 308 g/mol. The quantitative estimate of drug-likeness (QED) is 0.865. The number of nitrogens with zero attached hydrogens (tertiary/aromatic N) is 1. The van der Waals surface area contributed by atoms with Gasteiger partial charge in [0.2, 0.25) is 0 Å². The number of ether oxygens (including phenoxy) is 1. The molecule has 2 N–H and O–H groups in total. The maximum Gasteiger partial charge on any atom is 0.339 e. The van der Waals surface area contributed by atoms with Crippen molar-refractivity contribution < 1.29 is 13.9 Å². The van der Waals surface area contributed by atoms with E-state index in [9.17, 15) is 9.59 Å². The van der Waals surface area contributed by atoms with Gasteiger partial charge in [0.1, 0.15) is 11.3 Å². The first kappa shape index (κ1) is 16.5. The SMILES string of the molecule is Cc1cc(OCC(=O)N2CCC(N)C2)c2c(C)c(C)c(=O)oc2c1. The van der Waals surface area contributed by atoms with Crippen molar-refractivity contribution in [3.63, 3.8) is 0 Å². The fourth-order valence-electron chi connectivity index (χ4n) is 3.05. The third-order valence-corrected chi connectivity index (χ3v) is 4.59. The summed E-state index contributed by atoms with van der Waals surface area (Å²) < 4.78 is 11.2. The molecule has 1 aliphatic rings. The number of carbonyl (C=O) groups is 1. The van der Waals surface area contributed by atoms with Crippen LogP contribution in [0.2, 0.25) is 0 Å².